The van der Waals surface area contributed by atoms with Crippen LogP contribution in [0, 0.1) is 22.7 Å². The van der Waals surface area contributed by atoms with Gasteiger partial charge in [0, 0.05) is 22.2 Å². The minimum atomic E-state index is 0.270. The lowest BCUT2D eigenvalue weighted by atomic mass is 9.96. The molecule has 2 aliphatic heterocycles. The van der Waals surface area contributed by atoms with Gasteiger partial charge in [0.2, 0.25) is 13.6 Å². The fourth-order valence-electron chi connectivity index (χ4n) is 5.77. The van der Waals surface area contributed by atoms with Crippen LogP contribution in [0.2, 0.25) is 0 Å². The molecule has 4 heterocycles. The molecule has 0 atom stereocenters. The van der Waals surface area contributed by atoms with E-state index in [1.54, 1.807) is 35.1 Å². The van der Waals surface area contributed by atoms with Gasteiger partial charge in [-0.05, 0) is 110 Å². The number of rotatable bonds is 4. The fourth-order valence-corrected chi connectivity index (χ4v) is 8.14. The third kappa shape index (κ3) is 5.67. The summed E-state index contributed by atoms with van der Waals surface area (Å²) in [6.07, 6.45) is 12.5. The van der Waals surface area contributed by atoms with E-state index in [4.69, 9.17) is 18.9 Å². The molecule has 4 aromatic rings. The molecule has 0 saturated heterocycles. The Morgan fingerprint density at radius 3 is 1.48 bits per heavy atom. The molecule has 0 fully saturated rings. The maximum Gasteiger partial charge on any atom is 0.231 e. The Kier molecular flexibility index (Phi) is 8.02. The zero-order chi connectivity index (χ0) is 29.9. The first kappa shape index (κ1) is 28.1. The monoisotopic (exact) mass is 620 g/mol. The summed E-state index contributed by atoms with van der Waals surface area (Å²) < 4.78 is 21.3. The third-order valence-electron chi connectivity index (χ3n) is 7.98. The summed E-state index contributed by atoms with van der Waals surface area (Å²) in [5.74, 6) is 3.02. The quantitative estimate of drug-likeness (QED) is 0.214. The molecule has 0 amide bonds. The first-order valence-electron chi connectivity index (χ1n) is 14.7. The maximum atomic E-state index is 9.43. The smallest absolute Gasteiger partial charge is 0.231 e. The standard InChI is InChI=1S/2C17H14N2O2S/c2*18-8-13-12-3-1-2-4-16(12)22-17(13)19-9-11-5-6-14-15(7-11)21-10-20-14/h2*5-7,9H,1-4,10H2/b2*19-9+. The Labute approximate surface area is 263 Å². The summed E-state index contributed by atoms with van der Waals surface area (Å²) in [6, 6.07) is 16.1. The minimum absolute atomic E-state index is 0.270. The lowest BCUT2D eigenvalue weighted by Gasteiger charge is -2.09. The summed E-state index contributed by atoms with van der Waals surface area (Å²) >= 11 is 3.31. The Bertz CT molecular complexity index is 1740. The van der Waals surface area contributed by atoms with Crippen LogP contribution >= 0.6 is 22.7 Å². The molecule has 8 rings (SSSR count). The van der Waals surface area contributed by atoms with Crippen molar-refractivity contribution in [3.63, 3.8) is 0 Å². The van der Waals surface area contributed by atoms with Crippen LogP contribution in [0.5, 0.6) is 23.0 Å². The second-order valence-corrected chi connectivity index (χ2v) is 12.9. The van der Waals surface area contributed by atoms with E-state index in [2.05, 4.69) is 22.1 Å². The second-order valence-electron chi connectivity index (χ2n) is 10.7. The van der Waals surface area contributed by atoms with Crippen molar-refractivity contribution in [2.24, 2.45) is 9.98 Å². The molecule has 4 aliphatic rings. The highest BCUT2D eigenvalue weighted by Gasteiger charge is 2.21. The van der Waals surface area contributed by atoms with Gasteiger partial charge < -0.3 is 18.9 Å². The van der Waals surface area contributed by atoms with Crippen LogP contribution in [-0.4, -0.2) is 26.0 Å². The summed E-state index contributed by atoms with van der Waals surface area (Å²) in [4.78, 5) is 11.8. The van der Waals surface area contributed by atoms with Crippen LogP contribution in [-0.2, 0) is 25.7 Å². The van der Waals surface area contributed by atoms with Crippen molar-refractivity contribution in [2.45, 2.75) is 51.4 Å². The molecule has 0 unspecified atom stereocenters. The fraction of sp³-hybridized carbons (Fsp3) is 0.294. The van der Waals surface area contributed by atoms with E-state index in [-0.39, 0.29) is 13.6 Å². The zero-order valence-electron chi connectivity index (χ0n) is 23.9. The zero-order valence-corrected chi connectivity index (χ0v) is 25.6. The van der Waals surface area contributed by atoms with Crippen molar-refractivity contribution in [1.82, 2.24) is 0 Å². The molecule has 2 aromatic carbocycles. The van der Waals surface area contributed by atoms with Gasteiger partial charge >= 0.3 is 0 Å². The largest absolute Gasteiger partial charge is 0.454 e. The molecule has 0 spiro atoms. The third-order valence-corrected chi connectivity index (χ3v) is 10.4. The highest BCUT2D eigenvalue weighted by atomic mass is 32.1. The van der Waals surface area contributed by atoms with E-state index in [0.29, 0.717) is 0 Å². The normalized spacial score (nSPS) is 15.8. The van der Waals surface area contributed by atoms with Crippen molar-refractivity contribution >= 4 is 45.1 Å². The lowest BCUT2D eigenvalue weighted by molar-refractivity contribution is 0.173. The first-order chi connectivity index (χ1) is 21.7. The molecule has 2 aromatic heterocycles. The van der Waals surface area contributed by atoms with Crippen LogP contribution in [0.4, 0.5) is 10.0 Å². The average molecular weight is 621 g/mol. The van der Waals surface area contributed by atoms with Gasteiger partial charge in [-0.3, -0.25) is 0 Å². The predicted molar refractivity (Wildman–Crippen MR) is 171 cm³/mol. The van der Waals surface area contributed by atoms with Gasteiger partial charge in [0.1, 0.15) is 22.1 Å². The highest BCUT2D eigenvalue weighted by molar-refractivity contribution is 7.16. The van der Waals surface area contributed by atoms with Crippen molar-refractivity contribution in [1.29, 1.82) is 10.5 Å². The number of hydrogen-bond acceptors (Lipinski definition) is 10. The van der Waals surface area contributed by atoms with E-state index in [1.807, 2.05) is 36.4 Å². The predicted octanol–water partition coefficient (Wildman–Crippen LogP) is 7.96. The first-order valence-corrected chi connectivity index (χ1v) is 16.3. The molecule has 220 valence electrons. The number of nitriles is 2. The molecule has 0 N–H and O–H groups in total. The molecule has 44 heavy (non-hydrogen) atoms. The van der Waals surface area contributed by atoms with Crippen LogP contribution in [0.1, 0.15) is 68.8 Å². The number of benzene rings is 2. The van der Waals surface area contributed by atoms with Crippen LogP contribution < -0.4 is 18.9 Å². The van der Waals surface area contributed by atoms with Gasteiger partial charge in [0.25, 0.3) is 0 Å². The number of ether oxygens (including phenoxy) is 4. The van der Waals surface area contributed by atoms with E-state index in [9.17, 15) is 10.5 Å². The number of fused-ring (bicyclic) bond motifs is 4. The number of aryl methyl sites for hydroxylation is 2. The summed E-state index contributed by atoms with van der Waals surface area (Å²) in [5.41, 5.74) is 5.85. The number of aliphatic imine (C=N–C) groups is 2. The van der Waals surface area contributed by atoms with Gasteiger partial charge in [-0.25, -0.2) is 9.98 Å². The van der Waals surface area contributed by atoms with Crippen LogP contribution in [0.25, 0.3) is 0 Å². The number of thiophene rings is 2. The summed E-state index contributed by atoms with van der Waals surface area (Å²) in [6.45, 7) is 0.540. The van der Waals surface area contributed by atoms with Gasteiger partial charge in [-0.15, -0.1) is 22.7 Å². The molecule has 10 heteroatoms. The topological polar surface area (TPSA) is 109 Å². The van der Waals surface area contributed by atoms with E-state index >= 15 is 0 Å². The van der Waals surface area contributed by atoms with Crippen molar-refractivity contribution in [3.05, 3.63) is 79.5 Å². The van der Waals surface area contributed by atoms with E-state index in [1.165, 1.54) is 46.6 Å². The minimum Gasteiger partial charge on any atom is -0.454 e. The lowest BCUT2D eigenvalue weighted by Crippen LogP contribution is -1.99. The van der Waals surface area contributed by atoms with Crippen molar-refractivity contribution in [3.8, 4) is 35.1 Å². The Morgan fingerprint density at radius 1 is 0.591 bits per heavy atom. The SMILES string of the molecule is N#Cc1c(/N=C/c2ccc3c(c2)OCO3)sc2c1CCCC2.N#Cc1c(/N=C/c2ccc3c(c2)OCO3)sc2c1CCCC2. The van der Waals surface area contributed by atoms with Gasteiger partial charge in [-0.1, -0.05) is 0 Å². The molecular formula is C34H28N4O4S2. The Balaban J connectivity index is 0.000000142. The van der Waals surface area contributed by atoms with Crippen LogP contribution in [0.3, 0.4) is 0 Å². The molecule has 0 saturated carbocycles. The highest BCUT2D eigenvalue weighted by Crippen LogP contribution is 2.41. The average Bonchev–Trinajstić information content (AvgIpc) is 3.86. The van der Waals surface area contributed by atoms with E-state index < -0.39 is 0 Å². The van der Waals surface area contributed by atoms with E-state index in [0.717, 1.165) is 80.9 Å². The Morgan fingerprint density at radius 2 is 1.02 bits per heavy atom. The van der Waals surface area contributed by atoms with Gasteiger partial charge in [0.15, 0.2) is 23.0 Å². The molecule has 2 aliphatic carbocycles. The van der Waals surface area contributed by atoms with Gasteiger partial charge in [-0.2, -0.15) is 10.5 Å². The molecule has 0 bridgehead atoms. The second kappa shape index (κ2) is 12.5. The number of hydrogen-bond donors (Lipinski definition) is 0. The van der Waals surface area contributed by atoms with Gasteiger partial charge in [0.05, 0.1) is 11.1 Å². The summed E-state index contributed by atoms with van der Waals surface area (Å²) in [7, 11) is 0. The van der Waals surface area contributed by atoms with Crippen molar-refractivity contribution < 1.29 is 18.9 Å². The van der Waals surface area contributed by atoms with Crippen LogP contribution in [0.15, 0.2) is 46.4 Å². The summed E-state index contributed by atoms with van der Waals surface area (Å²) in [5, 5.41) is 20.5. The maximum absolute atomic E-state index is 9.43. The molecule has 8 nitrogen and oxygen atoms in total. The van der Waals surface area contributed by atoms with Crippen molar-refractivity contribution in [2.75, 3.05) is 13.6 Å². The Hall–Kier alpha value is -4.64. The number of nitrogens with zero attached hydrogens (tertiary/aromatic N) is 4. The molecular weight excluding hydrogens is 593 g/mol. The molecule has 0 radical (unpaired) electrons.